The van der Waals surface area contributed by atoms with E-state index in [9.17, 15) is 4.79 Å². The van der Waals surface area contributed by atoms with Gasteiger partial charge < -0.3 is 30.0 Å². The van der Waals surface area contributed by atoms with Gasteiger partial charge in [0, 0.05) is 63.0 Å². The second-order valence-corrected chi connectivity index (χ2v) is 9.78. The maximum absolute atomic E-state index is 13.5. The fraction of sp³-hybridized carbons (Fsp3) is 0.480. The summed E-state index contributed by atoms with van der Waals surface area (Å²) in [6.45, 7) is 5.68. The number of likely N-dealkylation sites (tertiary alicyclic amines) is 1. The molecule has 6 rings (SSSR count). The third kappa shape index (κ3) is 4.23. The summed E-state index contributed by atoms with van der Waals surface area (Å²) in [6, 6.07) is 4.31. The van der Waals surface area contributed by atoms with Gasteiger partial charge in [0.15, 0.2) is 0 Å². The first-order valence-corrected chi connectivity index (χ1v) is 12.9. The third-order valence-corrected chi connectivity index (χ3v) is 7.67. The fourth-order valence-corrected chi connectivity index (χ4v) is 5.73. The minimum Gasteiger partial charge on any atom is -0.491 e. The summed E-state index contributed by atoms with van der Waals surface area (Å²) in [7, 11) is 1.79. The average Bonchev–Trinajstić information content (AvgIpc) is 3.56. The number of aromatic nitrogens is 3. The lowest BCUT2D eigenvalue weighted by Crippen LogP contribution is -2.50. The Kier molecular flexibility index (Phi) is 6.32. The minimum absolute atomic E-state index is 0.0832. The number of fused-ring (bicyclic) bond motifs is 2. The predicted octanol–water partition coefficient (Wildman–Crippen LogP) is 3.27. The zero-order valence-electron chi connectivity index (χ0n) is 20.3. The van der Waals surface area contributed by atoms with Crippen LogP contribution in [0.2, 0.25) is 5.02 Å². The Morgan fingerprint density at radius 3 is 2.72 bits per heavy atom. The van der Waals surface area contributed by atoms with E-state index in [1.807, 2.05) is 17.0 Å². The number of H-pyrrole nitrogens is 1. The van der Waals surface area contributed by atoms with E-state index in [0.717, 1.165) is 74.4 Å². The Hall–Kier alpha value is -3.08. The van der Waals surface area contributed by atoms with Crippen LogP contribution < -0.4 is 15.4 Å². The number of halogens is 1. The molecule has 1 amide bonds. The van der Waals surface area contributed by atoms with Crippen molar-refractivity contribution in [2.45, 2.75) is 25.3 Å². The van der Waals surface area contributed by atoms with Crippen LogP contribution in [0, 0.1) is 0 Å². The molecule has 0 spiro atoms. The number of nitrogens with one attached hydrogen (secondary N) is 3. The Morgan fingerprint density at radius 1 is 1.14 bits per heavy atom. The number of nitrogens with zero attached hydrogens (tertiary/aromatic N) is 4. The standard InChI is InChI=1S/C25H30ClN7O3/c1-27-22-20-18(26)14-28-23(20)31-25(30-22)29-19-3-2-17(16-6-11-36-21(16)19)24(34)33-7-4-15(5-8-33)32-9-12-35-13-10-32/h2-3,14-15H,4-13H2,1H3,(H3,27,28,29,30,31). The maximum Gasteiger partial charge on any atom is 0.254 e. The molecule has 190 valence electrons. The van der Waals surface area contributed by atoms with Crippen molar-refractivity contribution in [2.24, 2.45) is 0 Å². The Morgan fingerprint density at radius 2 is 1.94 bits per heavy atom. The highest BCUT2D eigenvalue weighted by Gasteiger charge is 2.31. The van der Waals surface area contributed by atoms with E-state index >= 15 is 0 Å². The molecular weight excluding hydrogens is 482 g/mol. The van der Waals surface area contributed by atoms with Crippen LogP contribution in [0.5, 0.6) is 5.75 Å². The van der Waals surface area contributed by atoms with Crippen LogP contribution in [0.3, 0.4) is 0 Å². The number of benzene rings is 1. The SMILES string of the molecule is CNc1nc(Nc2ccc(C(=O)N3CCC(N4CCOCC4)CC3)c3c2OCC3)nc2[nH]cc(Cl)c12. The second kappa shape index (κ2) is 9.76. The quantitative estimate of drug-likeness (QED) is 0.479. The van der Waals surface area contributed by atoms with E-state index in [-0.39, 0.29) is 5.91 Å². The molecule has 0 radical (unpaired) electrons. The zero-order chi connectivity index (χ0) is 24.6. The van der Waals surface area contributed by atoms with Gasteiger partial charge >= 0.3 is 0 Å². The van der Waals surface area contributed by atoms with E-state index in [1.54, 1.807) is 13.2 Å². The third-order valence-electron chi connectivity index (χ3n) is 7.37. The molecule has 1 aromatic carbocycles. The molecule has 3 aliphatic heterocycles. The van der Waals surface area contributed by atoms with E-state index in [4.69, 9.17) is 21.1 Å². The topological polar surface area (TPSA) is 108 Å². The van der Waals surface area contributed by atoms with Crippen molar-refractivity contribution < 1.29 is 14.3 Å². The summed E-state index contributed by atoms with van der Waals surface area (Å²) >= 11 is 6.27. The highest BCUT2D eigenvalue weighted by Crippen LogP contribution is 2.39. The number of hydrogen-bond acceptors (Lipinski definition) is 8. The van der Waals surface area contributed by atoms with Gasteiger partial charge in [-0.05, 0) is 25.0 Å². The first-order valence-electron chi connectivity index (χ1n) is 12.5. The van der Waals surface area contributed by atoms with Gasteiger partial charge in [0.2, 0.25) is 5.95 Å². The number of piperidine rings is 1. The van der Waals surface area contributed by atoms with Crippen molar-refractivity contribution in [3.63, 3.8) is 0 Å². The molecule has 0 saturated carbocycles. The molecular formula is C25H30ClN7O3. The molecule has 2 fully saturated rings. The zero-order valence-corrected chi connectivity index (χ0v) is 21.0. The molecule has 10 nitrogen and oxygen atoms in total. The van der Waals surface area contributed by atoms with Crippen LogP contribution in [0.1, 0.15) is 28.8 Å². The van der Waals surface area contributed by atoms with Gasteiger partial charge in [0.1, 0.15) is 17.2 Å². The van der Waals surface area contributed by atoms with Gasteiger partial charge in [-0.25, -0.2) is 0 Å². The number of amides is 1. The summed E-state index contributed by atoms with van der Waals surface area (Å²) in [5, 5.41) is 7.65. The van der Waals surface area contributed by atoms with Crippen LogP contribution in [0.4, 0.5) is 17.5 Å². The molecule has 0 bridgehead atoms. The minimum atomic E-state index is 0.0832. The Balaban J connectivity index is 1.20. The smallest absolute Gasteiger partial charge is 0.254 e. The van der Waals surface area contributed by atoms with Crippen molar-refractivity contribution in [1.82, 2.24) is 24.8 Å². The lowest BCUT2D eigenvalue weighted by molar-refractivity contribution is 0.00158. The molecule has 5 heterocycles. The van der Waals surface area contributed by atoms with Crippen LogP contribution in [-0.2, 0) is 11.2 Å². The molecule has 2 saturated heterocycles. The number of anilines is 3. The monoisotopic (exact) mass is 511 g/mol. The van der Waals surface area contributed by atoms with Crippen LogP contribution in [0.25, 0.3) is 11.0 Å². The molecule has 0 unspecified atom stereocenters. The van der Waals surface area contributed by atoms with E-state index in [0.29, 0.717) is 47.3 Å². The number of hydrogen-bond donors (Lipinski definition) is 3. The van der Waals surface area contributed by atoms with Gasteiger partial charge in [-0.15, -0.1) is 0 Å². The molecule has 36 heavy (non-hydrogen) atoms. The van der Waals surface area contributed by atoms with Gasteiger partial charge in [-0.1, -0.05) is 11.6 Å². The molecule has 3 aromatic rings. The van der Waals surface area contributed by atoms with Gasteiger partial charge in [-0.2, -0.15) is 9.97 Å². The lowest BCUT2D eigenvalue weighted by atomic mass is 9.99. The highest BCUT2D eigenvalue weighted by atomic mass is 35.5. The number of ether oxygens (including phenoxy) is 2. The second-order valence-electron chi connectivity index (χ2n) is 9.37. The largest absolute Gasteiger partial charge is 0.491 e. The number of aromatic amines is 1. The predicted molar refractivity (Wildman–Crippen MR) is 139 cm³/mol. The first kappa shape index (κ1) is 23.3. The Bertz CT molecular complexity index is 1280. The number of morpholine rings is 1. The van der Waals surface area contributed by atoms with Crippen molar-refractivity contribution in [3.8, 4) is 5.75 Å². The van der Waals surface area contributed by atoms with Crippen molar-refractivity contribution in [1.29, 1.82) is 0 Å². The highest BCUT2D eigenvalue weighted by molar-refractivity contribution is 6.36. The normalized spacial score (nSPS) is 18.8. The first-order chi connectivity index (χ1) is 17.6. The number of carbonyl (C=O) groups is 1. The fourth-order valence-electron chi connectivity index (χ4n) is 5.49. The van der Waals surface area contributed by atoms with Gasteiger partial charge in [0.25, 0.3) is 5.91 Å². The van der Waals surface area contributed by atoms with Crippen LogP contribution in [-0.4, -0.2) is 89.7 Å². The Labute approximate surface area is 214 Å². The van der Waals surface area contributed by atoms with Gasteiger partial charge in [-0.3, -0.25) is 9.69 Å². The maximum atomic E-state index is 13.5. The number of carbonyl (C=O) groups excluding carboxylic acids is 1. The van der Waals surface area contributed by atoms with Gasteiger partial charge in [0.05, 0.1) is 35.9 Å². The average molecular weight is 512 g/mol. The van der Waals surface area contributed by atoms with Crippen LogP contribution in [0.15, 0.2) is 18.3 Å². The summed E-state index contributed by atoms with van der Waals surface area (Å²) in [6.07, 6.45) is 4.39. The van der Waals surface area contributed by atoms with Crippen LogP contribution >= 0.6 is 11.6 Å². The van der Waals surface area contributed by atoms with Crippen molar-refractivity contribution in [2.75, 3.05) is 63.7 Å². The molecule has 0 atom stereocenters. The summed E-state index contributed by atoms with van der Waals surface area (Å²) in [5.74, 6) is 1.81. The molecule has 11 heteroatoms. The molecule has 3 N–H and O–H groups in total. The van der Waals surface area contributed by atoms with E-state index in [1.165, 1.54) is 0 Å². The molecule has 0 aliphatic carbocycles. The molecule has 3 aliphatic rings. The molecule has 2 aromatic heterocycles. The van der Waals surface area contributed by atoms with E-state index < -0.39 is 0 Å². The summed E-state index contributed by atoms with van der Waals surface area (Å²) in [4.78, 5) is 30.2. The van der Waals surface area contributed by atoms with Crippen molar-refractivity contribution >= 4 is 46.0 Å². The van der Waals surface area contributed by atoms with E-state index in [2.05, 4.69) is 30.5 Å². The summed E-state index contributed by atoms with van der Waals surface area (Å²) < 4.78 is 11.5. The lowest BCUT2D eigenvalue weighted by Gasteiger charge is -2.40. The van der Waals surface area contributed by atoms with Crippen molar-refractivity contribution in [3.05, 3.63) is 34.5 Å². The summed E-state index contributed by atoms with van der Waals surface area (Å²) in [5.41, 5.74) is 3.04. The number of rotatable bonds is 5.